The molecule has 0 aliphatic heterocycles. The van der Waals surface area contributed by atoms with E-state index in [4.69, 9.17) is 4.74 Å². The molecule has 25 heavy (non-hydrogen) atoms. The Morgan fingerprint density at radius 3 is 2.48 bits per heavy atom. The summed E-state index contributed by atoms with van der Waals surface area (Å²) in [5.74, 6) is -0.432. The first kappa shape index (κ1) is 17.1. The van der Waals surface area contributed by atoms with Crippen molar-refractivity contribution >= 4 is 39.7 Å². The first-order valence-electron chi connectivity index (χ1n) is 7.97. The maximum atomic E-state index is 12.1. The fourth-order valence-electron chi connectivity index (χ4n) is 2.58. The van der Waals surface area contributed by atoms with Crippen LogP contribution in [0.15, 0.2) is 47.5 Å². The van der Waals surface area contributed by atoms with Crippen LogP contribution in [0.2, 0.25) is 0 Å². The number of esters is 1. The Bertz CT molecular complexity index is 1030. The van der Waals surface area contributed by atoms with Crippen molar-refractivity contribution in [1.82, 2.24) is 4.57 Å². The summed E-state index contributed by atoms with van der Waals surface area (Å²) in [5, 5.41) is 2.20. The molecule has 0 radical (unpaired) electrons. The molecule has 2 aromatic carbocycles. The van der Waals surface area contributed by atoms with Crippen molar-refractivity contribution in [3.63, 3.8) is 0 Å². The van der Waals surface area contributed by atoms with Gasteiger partial charge in [-0.3, -0.25) is 9.59 Å². The zero-order valence-electron chi connectivity index (χ0n) is 14.3. The molecule has 0 N–H and O–H groups in total. The number of fused-ring (bicyclic) bond motifs is 1. The molecular formula is C19H18N2O3S. The van der Waals surface area contributed by atoms with Crippen LogP contribution in [0.4, 0.5) is 5.69 Å². The van der Waals surface area contributed by atoms with Gasteiger partial charge >= 0.3 is 5.97 Å². The molecule has 0 saturated carbocycles. The highest BCUT2D eigenvalue weighted by Crippen LogP contribution is 2.25. The topological polar surface area (TPSA) is 60.7 Å². The van der Waals surface area contributed by atoms with Crippen molar-refractivity contribution in [2.45, 2.75) is 27.2 Å². The normalized spacial score (nSPS) is 11.7. The van der Waals surface area contributed by atoms with Gasteiger partial charge in [0.25, 0.3) is 0 Å². The fourth-order valence-corrected chi connectivity index (χ4v) is 3.62. The molecule has 0 aliphatic rings. The van der Waals surface area contributed by atoms with Gasteiger partial charge in [0.1, 0.15) is 0 Å². The minimum Gasteiger partial charge on any atom is -0.408 e. The second-order valence-corrected chi connectivity index (χ2v) is 6.62. The summed E-state index contributed by atoms with van der Waals surface area (Å²) in [7, 11) is 0. The Morgan fingerprint density at radius 1 is 1.12 bits per heavy atom. The van der Waals surface area contributed by atoms with E-state index in [-0.39, 0.29) is 11.8 Å². The Balaban J connectivity index is 2.20. The zero-order valence-corrected chi connectivity index (χ0v) is 15.1. The Morgan fingerprint density at radius 2 is 1.84 bits per heavy atom. The number of benzene rings is 2. The first-order chi connectivity index (χ1) is 12.0. The van der Waals surface area contributed by atoms with Crippen LogP contribution in [-0.2, 0) is 11.2 Å². The van der Waals surface area contributed by atoms with Crippen LogP contribution >= 0.6 is 11.3 Å². The fraction of sp³-hybridized carbons (Fsp3) is 0.211. The number of aromatic nitrogens is 1. The van der Waals surface area contributed by atoms with Gasteiger partial charge in [-0.25, -0.2) is 9.56 Å². The summed E-state index contributed by atoms with van der Waals surface area (Å²) >= 11 is 1.35. The van der Waals surface area contributed by atoms with Gasteiger partial charge in [0.15, 0.2) is 4.80 Å². The van der Waals surface area contributed by atoms with Gasteiger partial charge in [-0.1, -0.05) is 48.6 Å². The number of nitrogens with zero attached hydrogens (tertiary/aromatic N) is 2. The molecule has 1 heterocycles. The van der Waals surface area contributed by atoms with Crippen molar-refractivity contribution in [1.29, 1.82) is 0 Å². The molecular weight excluding hydrogens is 336 g/mol. The summed E-state index contributed by atoms with van der Waals surface area (Å²) in [6.45, 7) is 4.70. The lowest BCUT2D eigenvalue weighted by atomic mass is 10.1. The highest BCUT2D eigenvalue weighted by Gasteiger charge is 2.18. The summed E-state index contributed by atoms with van der Waals surface area (Å²) in [6, 6.07) is 13.9. The van der Waals surface area contributed by atoms with Gasteiger partial charge in [-0.2, -0.15) is 0 Å². The lowest BCUT2D eigenvalue weighted by molar-refractivity contribution is -0.132. The van der Waals surface area contributed by atoms with E-state index >= 15 is 0 Å². The molecule has 0 atom stereocenters. The number of thiazole rings is 1. The van der Waals surface area contributed by atoms with Crippen molar-refractivity contribution in [3.05, 3.63) is 52.1 Å². The van der Waals surface area contributed by atoms with E-state index in [1.165, 1.54) is 29.8 Å². The van der Waals surface area contributed by atoms with Crippen LogP contribution < -0.4 is 9.54 Å². The SMILES string of the molecule is CCc1sc(=Nc2ccc3ccccc3c2)n(C(C)=O)c1OC(C)=O. The molecule has 0 spiro atoms. The summed E-state index contributed by atoms with van der Waals surface area (Å²) in [5.41, 5.74) is 0.743. The molecule has 0 fully saturated rings. The number of rotatable bonds is 3. The maximum absolute atomic E-state index is 12.1. The lowest BCUT2D eigenvalue weighted by Gasteiger charge is -2.05. The van der Waals surface area contributed by atoms with E-state index in [1.807, 2.05) is 49.4 Å². The molecule has 6 heteroatoms. The number of hydrogen-bond acceptors (Lipinski definition) is 5. The number of ether oxygens (including phenoxy) is 1. The number of carbonyl (C=O) groups is 2. The van der Waals surface area contributed by atoms with Crippen LogP contribution in [0, 0.1) is 0 Å². The smallest absolute Gasteiger partial charge is 0.309 e. The molecule has 3 rings (SSSR count). The average molecular weight is 354 g/mol. The van der Waals surface area contributed by atoms with Crippen LogP contribution in [-0.4, -0.2) is 16.4 Å². The van der Waals surface area contributed by atoms with E-state index in [9.17, 15) is 9.59 Å². The van der Waals surface area contributed by atoms with E-state index in [0.29, 0.717) is 11.2 Å². The Hall–Kier alpha value is -2.73. The molecule has 0 unspecified atom stereocenters. The largest absolute Gasteiger partial charge is 0.408 e. The van der Waals surface area contributed by atoms with Crippen LogP contribution in [0.1, 0.15) is 30.4 Å². The van der Waals surface area contributed by atoms with Crippen molar-refractivity contribution in [3.8, 4) is 5.88 Å². The van der Waals surface area contributed by atoms with Gasteiger partial charge in [0, 0.05) is 13.8 Å². The van der Waals surface area contributed by atoms with Gasteiger partial charge < -0.3 is 4.74 Å². The minimum absolute atomic E-state index is 0.244. The van der Waals surface area contributed by atoms with Crippen molar-refractivity contribution in [2.75, 3.05) is 0 Å². The van der Waals surface area contributed by atoms with Gasteiger partial charge in [-0.05, 0) is 29.3 Å². The van der Waals surface area contributed by atoms with Crippen LogP contribution in [0.25, 0.3) is 10.8 Å². The number of carbonyl (C=O) groups excluding carboxylic acids is 2. The van der Waals surface area contributed by atoms with E-state index in [1.54, 1.807) is 0 Å². The molecule has 0 bridgehead atoms. The van der Waals surface area contributed by atoms with E-state index in [2.05, 4.69) is 4.99 Å². The average Bonchev–Trinajstić information content (AvgIpc) is 2.91. The van der Waals surface area contributed by atoms with E-state index < -0.39 is 5.97 Å². The molecule has 1 aromatic heterocycles. The predicted molar refractivity (Wildman–Crippen MR) is 98.5 cm³/mol. The number of aryl methyl sites for hydroxylation is 1. The van der Waals surface area contributed by atoms with Gasteiger partial charge in [-0.15, -0.1) is 0 Å². The quantitative estimate of drug-likeness (QED) is 0.666. The Labute approximate surface area is 149 Å². The molecule has 0 saturated heterocycles. The highest BCUT2D eigenvalue weighted by molar-refractivity contribution is 7.09. The minimum atomic E-state index is -0.459. The number of hydrogen-bond donors (Lipinski definition) is 0. The second-order valence-electron chi connectivity index (χ2n) is 5.56. The molecule has 128 valence electrons. The molecule has 5 nitrogen and oxygen atoms in total. The summed E-state index contributed by atoms with van der Waals surface area (Å²) in [6.07, 6.45) is 0.647. The summed E-state index contributed by atoms with van der Waals surface area (Å²) in [4.78, 5) is 29.4. The standard InChI is InChI=1S/C19H18N2O3S/c1-4-17-18(24-13(3)23)21(12(2)22)19(25-17)20-16-10-9-14-7-5-6-8-15(14)11-16/h5-11H,4H2,1-3H3. The second kappa shape index (κ2) is 7.03. The van der Waals surface area contributed by atoms with E-state index in [0.717, 1.165) is 21.3 Å². The van der Waals surface area contributed by atoms with Crippen LogP contribution in [0.5, 0.6) is 5.88 Å². The van der Waals surface area contributed by atoms with Crippen molar-refractivity contribution in [2.24, 2.45) is 4.99 Å². The lowest BCUT2D eigenvalue weighted by Crippen LogP contribution is -2.22. The first-order valence-corrected chi connectivity index (χ1v) is 8.79. The van der Waals surface area contributed by atoms with Gasteiger partial charge in [0.2, 0.25) is 11.8 Å². The molecule has 0 aliphatic carbocycles. The van der Waals surface area contributed by atoms with Gasteiger partial charge in [0.05, 0.1) is 10.6 Å². The highest BCUT2D eigenvalue weighted by atomic mass is 32.1. The van der Waals surface area contributed by atoms with Crippen LogP contribution in [0.3, 0.4) is 0 Å². The third-order valence-electron chi connectivity index (χ3n) is 3.68. The zero-order chi connectivity index (χ0) is 18.0. The molecule has 3 aromatic rings. The monoisotopic (exact) mass is 354 g/mol. The predicted octanol–water partition coefficient (Wildman–Crippen LogP) is 4.08. The third kappa shape index (κ3) is 3.53. The molecule has 0 amide bonds. The van der Waals surface area contributed by atoms with Crippen molar-refractivity contribution < 1.29 is 14.3 Å². The summed E-state index contributed by atoms with van der Waals surface area (Å²) < 4.78 is 6.63. The Kier molecular flexibility index (Phi) is 4.81. The maximum Gasteiger partial charge on any atom is 0.309 e. The third-order valence-corrected chi connectivity index (χ3v) is 4.85.